The minimum atomic E-state index is -0.170. The Balaban J connectivity index is 1.60. The molecule has 0 bridgehead atoms. The molecule has 1 fully saturated rings. The average molecular weight is 224 g/mol. The second kappa shape index (κ2) is 5.55. The molecule has 0 spiro atoms. The van der Waals surface area contributed by atoms with Gasteiger partial charge in [0.2, 0.25) is 0 Å². The molecule has 16 heavy (non-hydrogen) atoms. The zero-order valence-electron chi connectivity index (χ0n) is 9.07. The van der Waals surface area contributed by atoms with E-state index < -0.39 is 0 Å². The van der Waals surface area contributed by atoms with Crippen molar-refractivity contribution in [1.82, 2.24) is 10.6 Å². The van der Waals surface area contributed by atoms with Crippen molar-refractivity contribution in [2.24, 2.45) is 0 Å². The third-order valence-corrected chi connectivity index (χ3v) is 2.55. The molecule has 2 N–H and O–H groups in total. The maximum atomic E-state index is 11.4. The smallest absolute Gasteiger partial charge is 0.315 e. The summed E-state index contributed by atoms with van der Waals surface area (Å²) in [6.45, 7) is 1.87. The van der Waals surface area contributed by atoms with Crippen LogP contribution >= 0.6 is 0 Å². The summed E-state index contributed by atoms with van der Waals surface area (Å²) >= 11 is 0. The number of rotatable bonds is 4. The highest BCUT2D eigenvalue weighted by Crippen LogP contribution is 2.10. The van der Waals surface area contributed by atoms with E-state index in [4.69, 9.17) is 9.15 Å². The topological polar surface area (TPSA) is 63.5 Å². The van der Waals surface area contributed by atoms with Gasteiger partial charge in [0.25, 0.3) is 0 Å². The van der Waals surface area contributed by atoms with E-state index in [1.165, 1.54) is 0 Å². The van der Waals surface area contributed by atoms with Gasteiger partial charge in [-0.1, -0.05) is 0 Å². The van der Waals surface area contributed by atoms with Gasteiger partial charge in [-0.2, -0.15) is 0 Å². The maximum Gasteiger partial charge on any atom is 0.315 e. The van der Waals surface area contributed by atoms with Crippen LogP contribution in [0.3, 0.4) is 0 Å². The first-order chi connectivity index (χ1) is 7.84. The van der Waals surface area contributed by atoms with Gasteiger partial charge in [-0.15, -0.1) is 0 Å². The molecule has 2 rings (SSSR count). The van der Waals surface area contributed by atoms with Crippen LogP contribution < -0.4 is 10.6 Å². The molecule has 1 aromatic rings. The minimum absolute atomic E-state index is 0.170. The average Bonchev–Trinajstić information content (AvgIpc) is 2.96. The minimum Gasteiger partial charge on any atom is -0.472 e. The molecule has 1 saturated heterocycles. The first-order valence-electron chi connectivity index (χ1n) is 5.49. The number of carbonyl (C=O) groups is 1. The number of hydrogen-bond acceptors (Lipinski definition) is 3. The highest BCUT2D eigenvalue weighted by atomic mass is 16.5. The van der Waals surface area contributed by atoms with Crippen molar-refractivity contribution in [1.29, 1.82) is 0 Å². The molecule has 1 aliphatic rings. The van der Waals surface area contributed by atoms with Crippen LogP contribution in [0, 0.1) is 0 Å². The van der Waals surface area contributed by atoms with Crippen LogP contribution in [-0.2, 0) is 11.3 Å². The third-order valence-electron chi connectivity index (χ3n) is 2.55. The molecule has 88 valence electrons. The first kappa shape index (κ1) is 11.0. The Kier molecular flexibility index (Phi) is 3.82. The number of nitrogens with one attached hydrogen (secondary N) is 2. The van der Waals surface area contributed by atoms with Crippen LogP contribution in [0.15, 0.2) is 23.0 Å². The van der Waals surface area contributed by atoms with E-state index in [0.717, 1.165) is 25.0 Å². The maximum absolute atomic E-state index is 11.4. The van der Waals surface area contributed by atoms with Crippen molar-refractivity contribution in [2.75, 3.05) is 13.2 Å². The fourth-order valence-electron chi connectivity index (χ4n) is 1.65. The van der Waals surface area contributed by atoms with E-state index >= 15 is 0 Å². The summed E-state index contributed by atoms with van der Waals surface area (Å²) in [5, 5.41) is 5.52. The van der Waals surface area contributed by atoms with Crippen LogP contribution in [0.25, 0.3) is 0 Å². The van der Waals surface area contributed by atoms with E-state index in [-0.39, 0.29) is 12.1 Å². The lowest BCUT2D eigenvalue weighted by atomic mass is 10.2. The number of amides is 2. The Bertz CT molecular complexity index is 318. The van der Waals surface area contributed by atoms with Gasteiger partial charge in [-0.3, -0.25) is 0 Å². The Morgan fingerprint density at radius 2 is 2.44 bits per heavy atom. The molecule has 2 amide bonds. The molecule has 1 atom stereocenters. The fraction of sp³-hybridized carbons (Fsp3) is 0.545. The van der Waals surface area contributed by atoms with E-state index in [0.29, 0.717) is 13.1 Å². The standard InChI is InChI=1S/C11H16N2O3/c14-11(12-6-9-3-5-15-8-9)13-7-10-2-1-4-16-10/h3,5,8,10H,1-2,4,6-7H2,(H2,12,13,14)/t10-/m0/s1. The quantitative estimate of drug-likeness (QED) is 0.809. The molecular formula is C11H16N2O3. The highest BCUT2D eigenvalue weighted by molar-refractivity contribution is 5.73. The van der Waals surface area contributed by atoms with E-state index in [1.54, 1.807) is 12.5 Å². The number of furan rings is 1. The normalized spacial score (nSPS) is 19.6. The van der Waals surface area contributed by atoms with Crippen molar-refractivity contribution in [3.05, 3.63) is 24.2 Å². The molecule has 0 saturated carbocycles. The molecule has 0 aliphatic carbocycles. The second-order valence-electron chi connectivity index (χ2n) is 3.83. The van der Waals surface area contributed by atoms with Crippen LogP contribution in [0.2, 0.25) is 0 Å². The lowest BCUT2D eigenvalue weighted by Gasteiger charge is -2.11. The molecule has 5 heteroatoms. The SMILES string of the molecule is O=C(NCc1ccoc1)NC[C@@H]1CCCO1. The van der Waals surface area contributed by atoms with Gasteiger partial charge in [-0.25, -0.2) is 4.79 Å². The lowest BCUT2D eigenvalue weighted by molar-refractivity contribution is 0.111. The van der Waals surface area contributed by atoms with E-state index in [1.807, 2.05) is 6.07 Å². The van der Waals surface area contributed by atoms with Gasteiger partial charge < -0.3 is 19.8 Å². The van der Waals surface area contributed by atoms with E-state index in [9.17, 15) is 4.79 Å². The van der Waals surface area contributed by atoms with Gasteiger partial charge in [0.1, 0.15) is 0 Å². The number of urea groups is 1. The highest BCUT2D eigenvalue weighted by Gasteiger charge is 2.15. The van der Waals surface area contributed by atoms with Crippen molar-refractivity contribution in [3.8, 4) is 0 Å². The van der Waals surface area contributed by atoms with E-state index in [2.05, 4.69) is 10.6 Å². The molecule has 0 unspecified atom stereocenters. The number of ether oxygens (including phenoxy) is 1. The fourth-order valence-corrected chi connectivity index (χ4v) is 1.65. The zero-order valence-corrected chi connectivity index (χ0v) is 9.07. The summed E-state index contributed by atoms with van der Waals surface area (Å²) in [6, 6.07) is 1.65. The Morgan fingerprint density at radius 3 is 3.12 bits per heavy atom. The van der Waals surface area contributed by atoms with Crippen molar-refractivity contribution < 1.29 is 13.9 Å². The molecule has 5 nitrogen and oxygen atoms in total. The number of hydrogen-bond donors (Lipinski definition) is 2. The molecular weight excluding hydrogens is 208 g/mol. The molecule has 0 radical (unpaired) electrons. The Morgan fingerprint density at radius 1 is 1.50 bits per heavy atom. The van der Waals surface area contributed by atoms with Crippen LogP contribution in [0.1, 0.15) is 18.4 Å². The largest absolute Gasteiger partial charge is 0.472 e. The summed E-state index contributed by atoms with van der Waals surface area (Å²) in [6.07, 6.45) is 5.49. The second-order valence-corrected chi connectivity index (χ2v) is 3.83. The third kappa shape index (κ3) is 3.27. The predicted molar refractivity (Wildman–Crippen MR) is 57.9 cm³/mol. The van der Waals surface area contributed by atoms with Gasteiger partial charge in [0.15, 0.2) is 0 Å². The monoisotopic (exact) mass is 224 g/mol. The van der Waals surface area contributed by atoms with Crippen LogP contribution in [-0.4, -0.2) is 25.3 Å². The van der Waals surface area contributed by atoms with Crippen molar-refractivity contribution in [2.45, 2.75) is 25.5 Å². The van der Waals surface area contributed by atoms with Gasteiger partial charge >= 0.3 is 6.03 Å². The van der Waals surface area contributed by atoms with Crippen LogP contribution in [0.5, 0.6) is 0 Å². The summed E-state index contributed by atoms with van der Waals surface area (Å²) in [7, 11) is 0. The van der Waals surface area contributed by atoms with Crippen molar-refractivity contribution in [3.63, 3.8) is 0 Å². The first-order valence-corrected chi connectivity index (χ1v) is 5.49. The van der Waals surface area contributed by atoms with Gasteiger partial charge in [-0.05, 0) is 18.9 Å². The van der Waals surface area contributed by atoms with Gasteiger partial charge in [0.05, 0.1) is 18.6 Å². The number of carbonyl (C=O) groups excluding carboxylic acids is 1. The molecule has 1 aromatic heterocycles. The Hall–Kier alpha value is -1.49. The van der Waals surface area contributed by atoms with Crippen LogP contribution in [0.4, 0.5) is 4.79 Å². The zero-order chi connectivity index (χ0) is 11.2. The predicted octanol–water partition coefficient (Wildman–Crippen LogP) is 1.26. The summed E-state index contributed by atoms with van der Waals surface area (Å²) in [5.41, 5.74) is 0.951. The molecule has 1 aliphatic heterocycles. The lowest BCUT2D eigenvalue weighted by Crippen LogP contribution is -2.39. The molecule has 2 heterocycles. The molecule has 0 aromatic carbocycles. The summed E-state index contributed by atoms with van der Waals surface area (Å²) in [5.74, 6) is 0. The van der Waals surface area contributed by atoms with Gasteiger partial charge in [0, 0.05) is 25.3 Å². The Labute approximate surface area is 94.1 Å². The summed E-state index contributed by atoms with van der Waals surface area (Å²) < 4.78 is 10.3. The summed E-state index contributed by atoms with van der Waals surface area (Å²) in [4.78, 5) is 11.4. The van der Waals surface area contributed by atoms with Crippen molar-refractivity contribution >= 4 is 6.03 Å².